The summed E-state index contributed by atoms with van der Waals surface area (Å²) < 4.78 is 22.9. The van der Waals surface area contributed by atoms with E-state index in [1.165, 1.54) is 6.26 Å². The van der Waals surface area contributed by atoms with Gasteiger partial charge in [0.25, 0.3) is 0 Å². The zero-order valence-electron chi connectivity index (χ0n) is 14.3. The van der Waals surface area contributed by atoms with Crippen molar-refractivity contribution in [1.29, 1.82) is 0 Å². The SMILES string of the molecule is C=C/C(=C/NCc1ccc(S(C)(=O)=O)cc1)c1cc(C)ccc1C=O. The van der Waals surface area contributed by atoms with E-state index >= 15 is 0 Å². The van der Waals surface area contributed by atoms with Gasteiger partial charge in [-0.1, -0.05) is 48.6 Å². The van der Waals surface area contributed by atoms with Crippen LogP contribution in [0, 0.1) is 6.92 Å². The number of carbonyl (C=O) groups is 1. The zero-order valence-corrected chi connectivity index (χ0v) is 15.1. The molecule has 0 spiro atoms. The molecule has 0 aromatic heterocycles. The predicted octanol–water partition coefficient (Wildman–Crippen LogP) is 3.53. The van der Waals surface area contributed by atoms with Crippen LogP contribution >= 0.6 is 0 Å². The molecular weight excluding hydrogens is 334 g/mol. The van der Waals surface area contributed by atoms with Crippen molar-refractivity contribution in [1.82, 2.24) is 5.32 Å². The predicted molar refractivity (Wildman–Crippen MR) is 101 cm³/mol. The van der Waals surface area contributed by atoms with E-state index in [2.05, 4.69) is 11.9 Å². The average Bonchev–Trinajstić information content (AvgIpc) is 2.58. The molecule has 4 nitrogen and oxygen atoms in total. The summed E-state index contributed by atoms with van der Waals surface area (Å²) in [6.07, 6.45) is 5.52. The van der Waals surface area contributed by atoms with Gasteiger partial charge in [0.1, 0.15) is 0 Å². The highest BCUT2D eigenvalue weighted by atomic mass is 32.2. The number of benzene rings is 2. The number of allylic oxidation sites excluding steroid dienone is 2. The Bertz CT molecular complexity index is 910. The Morgan fingerprint density at radius 3 is 2.40 bits per heavy atom. The number of hydrogen-bond donors (Lipinski definition) is 1. The molecule has 0 atom stereocenters. The maximum absolute atomic E-state index is 11.5. The lowest BCUT2D eigenvalue weighted by atomic mass is 9.99. The fourth-order valence-electron chi connectivity index (χ4n) is 2.40. The van der Waals surface area contributed by atoms with E-state index in [4.69, 9.17) is 0 Å². The van der Waals surface area contributed by atoms with Gasteiger partial charge in [0.2, 0.25) is 0 Å². The third-order valence-electron chi connectivity index (χ3n) is 3.78. The van der Waals surface area contributed by atoms with Crippen LogP contribution in [0.3, 0.4) is 0 Å². The van der Waals surface area contributed by atoms with Gasteiger partial charge in [0, 0.05) is 24.6 Å². The minimum atomic E-state index is -3.18. The molecule has 0 aliphatic heterocycles. The van der Waals surface area contributed by atoms with Gasteiger partial charge in [-0.05, 0) is 35.8 Å². The van der Waals surface area contributed by atoms with Gasteiger partial charge in [-0.3, -0.25) is 4.79 Å². The number of nitrogens with one attached hydrogen (secondary N) is 1. The highest BCUT2D eigenvalue weighted by Gasteiger charge is 2.07. The molecule has 0 saturated carbocycles. The van der Waals surface area contributed by atoms with Gasteiger partial charge >= 0.3 is 0 Å². The molecule has 2 aromatic rings. The highest BCUT2D eigenvalue weighted by molar-refractivity contribution is 7.90. The van der Waals surface area contributed by atoms with Crippen LogP contribution in [0.25, 0.3) is 5.57 Å². The van der Waals surface area contributed by atoms with Crippen LogP contribution in [0.1, 0.15) is 27.0 Å². The van der Waals surface area contributed by atoms with Crippen molar-refractivity contribution in [3.05, 3.63) is 83.6 Å². The number of sulfone groups is 1. The van der Waals surface area contributed by atoms with Crippen molar-refractivity contribution in [2.75, 3.05) is 6.26 Å². The van der Waals surface area contributed by atoms with E-state index in [-0.39, 0.29) is 0 Å². The molecule has 0 aliphatic carbocycles. The average molecular weight is 355 g/mol. The Balaban J connectivity index is 2.16. The molecule has 0 saturated heterocycles. The first kappa shape index (κ1) is 18.7. The summed E-state index contributed by atoms with van der Waals surface area (Å²) in [4.78, 5) is 11.5. The molecule has 0 fully saturated rings. The number of aryl methyl sites for hydroxylation is 1. The molecule has 5 heteroatoms. The van der Waals surface area contributed by atoms with Crippen LogP contribution in [0.4, 0.5) is 0 Å². The fraction of sp³-hybridized carbons (Fsp3) is 0.150. The normalized spacial score (nSPS) is 11.8. The largest absolute Gasteiger partial charge is 0.386 e. The van der Waals surface area contributed by atoms with Crippen LogP contribution in [0.15, 0.2) is 66.2 Å². The summed E-state index contributed by atoms with van der Waals surface area (Å²) in [6.45, 7) is 6.32. The van der Waals surface area contributed by atoms with Crippen LogP contribution in [0.5, 0.6) is 0 Å². The van der Waals surface area contributed by atoms with Crippen molar-refractivity contribution in [2.24, 2.45) is 0 Å². The van der Waals surface area contributed by atoms with E-state index < -0.39 is 9.84 Å². The molecule has 0 aliphatic rings. The topological polar surface area (TPSA) is 63.2 Å². The van der Waals surface area contributed by atoms with Crippen LogP contribution in [-0.2, 0) is 16.4 Å². The Labute approximate surface area is 148 Å². The Kier molecular flexibility index (Phi) is 5.93. The van der Waals surface area contributed by atoms with Crippen molar-refractivity contribution < 1.29 is 13.2 Å². The van der Waals surface area contributed by atoms with E-state index in [0.29, 0.717) is 17.0 Å². The molecule has 0 bridgehead atoms. The summed E-state index contributed by atoms with van der Waals surface area (Å²) in [6, 6.07) is 12.4. The third kappa shape index (κ3) is 4.90. The number of hydrogen-bond acceptors (Lipinski definition) is 4. The van der Waals surface area contributed by atoms with Crippen LogP contribution in [-0.4, -0.2) is 21.0 Å². The summed E-state index contributed by atoms with van der Waals surface area (Å²) in [5.41, 5.74) is 4.26. The van der Waals surface area contributed by atoms with E-state index in [1.54, 1.807) is 42.6 Å². The quantitative estimate of drug-likeness (QED) is 0.610. The fourth-order valence-corrected chi connectivity index (χ4v) is 3.03. The maximum atomic E-state index is 11.5. The number of rotatable bonds is 7. The molecule has 0 amide bonds. The molecule has 0 heterocycles. The van der Waals surface area contributed by atoms with E-state index in [0.717, 1.165) is 28.5 Å². The van der Waals surface area contributed by atoms with Gasteiger partial charge in [-0.2, -0.15) is 0 Å². The molecule has 0 radical (unpaired) electrons. The first-order valence-electron chi connectivity index (χ1n) is 7.76. The van der Waals surface area contributed by atoms with Gasteiger partial charge in [-0.25, -0.2) is 8.42 Å². The van der Waals surface area contributed by atoms with Crippen molar-refractivity contribution in [2.45, 2.75) is 18.4 Å². The summed E-state index contributed by atoms with van der Waals surface area (Å²) in [5.74, 6) is 0. The molecule has 2 rings (SSSR count). The first-order chi connectivity index (χ1) is 11.8. The lowest BCUT2D eigenvalue weighted by molar-refractivity contribution is 0.112. The second-order valence-corrected chi connectivity index (χ2v) is 7.83. The van der Waals surface area contributed by atoms with E-state index in [9.17, 15) is 13.2 Å². The molecule has 130 valence electrons. The Morgan fingerprint density at radius 2 is 1.84 bits per heavy atom. The summed E-state index contributed by atoms with van der Waals surface area (Å²) >= 11 is 0. The minimum Gasteiger partial charge on any atom is -0.386 e. The van der Waals surface area contributed by atoms with Crippen molar-refractivity contribution >= 4 is 21.7 Å². The minimum absolute atomic E-state index is 0.300. The summed E-state index contributed by atoms with van der Waals surface area (Å²) in [5, 5.41) is 3.18. The molecular formula is C20H21NO3S. The van der Waals surface area contributed by atoms with Crippen molar-refractivity contribution in [3.63, 3.8) is 0 Å². The summed E-state index contributed by atoms with van der Waals surface area (Å²) in [7, 11) is -3.18. The second-order valence-electron chi connectivity index (χ2n) is 5.81. The zero-order chi connectivity index (χ0) is 18.4. The molecule has 0 unspecified atom stereocenters. The number of carbonyl (C=O) groups excluding carboxylic acids is 1. The van der Waals surface area contributed by atoms with Gasteiger partial charge in [0.15, 0.2) is 16.1 Å². The van der Waals surface area contributed by atoms with Gasteiger partial charge in [-0.15, -0.1) is 0 Å². The monoisotopic (exact) mass is 355 g/mol. The smallest absolute Gasteiger partial charge is 0.175 e. The molecule has 2 aromatic carbocycles. The standard InChI is InChI=1S/C20H21NO3S/c1-4-17(20-11-15(2)5-8-18(20)14-22)13-21-12-16-6-9-19(10-7-16)25(3,23)24/h4-11,13-14,21H,1,12H2,2-3H3/b17-13-. The maximum Gasteiger partial charge on any atom is 0.175 e. The number of aldehydes is 1. The van der Waals surface area contributed by atoms with Gasteiger partial charge < -0.3 is 5.32 Å². The lowest BCUT2D eigenvalue weighted by Gasteiger charge is -2.09. The van der Waals surface area contributed by atoms with Gasteiger partial charge in [0.05, 0.1) is 4.90 Å². The lowest BCUT2D eigenvalue weighted by Crippen LogP contribution is -2.06. The first-order valence-corrected chi connectivity index (χ1v) is 9.65. The molecule has 25 heavy (non-hydrogen) atoms. The third-order valence-corrected chi connectivity index (χ3v) is 4.91. The Morgan fingerprint density at radius 1 is 1.16 bits per heavy atom. The second kappa shape index (κ2) is 7.94. The Hall–Kier alpha value is -2.66. The van der Waals surface area contributed by atoms with Crippen LogP contribution < -0.4 is 5.32 Å². The molecule has 1 N–H and O–H groups in total. The van der Waals surface area contributed by atoms with Crippen LogP contribution in [0.2, 0.25) is 0 Å². The van der Waals surface area contributed by atoms with Crippen molar-refractivity contribution in [3.8, 4) is 0 Å². The highest BCUT2D eigenvalue weighted by Crippen LogP contribution is 2.20. The van der Waals surface area contributed by atoms with E-state index in [1.807, 2.05) is 19.1 Å².